The van der Waals surface area contributed by atoms with Gasteiger partial charge in [-0.2, -0.15) is 0 Å². The molecule has 0 aliphatic rings. The predicted octanol–water partition coefficient (Wildman–Crippen LogP) is 0.974. The van der Waals surface area contributed by atoms with E-state index in [-0.39, 0.29) is 38.1 Å². The van der Waals surface area contributed by atoms with Gasteiger partial charge in [0.2, 0.25) is 5.91 Å². The Balaban J connectivity index is 0.00000441. The van der Waals surface area contributed by atoms with Crippen molar-refractivity contribution < 1.29 is 19.1 Å². The summed E-state index contributed by atoms with van der Waals surface area (Å²) in [6.07, 6.45) is 0. The summed E-state index contributed by atoms with van der Waals surface area (Å²) in [5.74, 6) is -0.792. The van der Waals surface area contributed by atoms with Crippen LogP contribution in [-0.4, -0.2) is 49.7 Å². The minimum atomic E-state index is -0.798. The van der Waals surface area contributed by atoms with Gasteiger partial charge >= 0.3 is 5.97 Å². The number of methoxy groups -OCH3 is 1. The first kappa shape index (κ1) is 20.4. The lowest BCUT2D eigenvalue weighted by Gasteiger charge is -2.24. The van der Waals surface area contributed by atoms with E-state index in [1.165, 1.54) is 12.0 Å². The summed E-state index contributed by atoms with van der Waals surface area (Å²) in [5.41, 5.74) is 6.68. The molecule has 0 fully saturated rings. The second kappa shape index (κ2) is 11.0. The fraction of sp³-hybridized carbons (Fsp3) is 0.467. The van der Waals surface area contributed by atoms with Crippen molar-refractivity contribution in [3.8, 4) is 0 Å². The molecule has 6 nitrogen and oxygen atoms in total. The van der Waals surface area contributed by atoms with Crippen molar-refractivity contribution in [1.82, 2.24) is 4.90 Å². The monoisotopic (exact) mass is 330 g/mol. The van der Waals surface area contributed by atoms with E-state index in [0.717, 1.165) is 5.56 Å². The van der Waals surface area contributed by atoms with Crippen LogP contribution in [0.5, 0.6) is 0 Å². The maximum atomic E-state index is 12.3. The number of benzene rings is 1. The van der Waals surface area contributed by atoms with Crippen molar-refractivity contribution in [2.45, 2.75) is 19.5 Å². The number of hydrogen-bond donors (Lipinski definition) is 1. The average molecular weight is 331 g/mol. The number of halogens is 1. The highest BCUT2D eigenvalue weighted by Gasteiger charge is 2.23. The van der Waals surface area contributed by atoms with E-state index in [9.17, 15) is 9.59 Å². The Labute approximate surface area is 137 Å². The Bertz CT molecular complexity index is 456. The summed E-state index contributed by atoms with van der Waals surface area (Å²) in [5, 5.41) is 0. The van der Waals surface area contributed by atoms with Crippen molar-refractivity contribution in [2.75, 3.05) is 26.9 Å². The highest BCUT2D eigenvalue weighted by molar-refractivity contribution is 5.86. The maximum absolute atomic E-state index is 12.3. The highest BCUT2D eigenvalue weighted by Crippen LogP contribution is 2.06. The first-order valence-electron chi connectivity index (χ1n) is 6.81. The molecule has 1 rings (SSSR count). The number of esters is 1. The second-order valence-corrected chi connectivity index (χ2v) is 4.55. The molecule has 0 bridgehead atoms. The third kappa shape index (κ3) is 6.89. The highest BCUT2D eigenvalue weighted by atomic mass is 35.5. The van der Waals surface area contributed by atoms with Gasteiger partial charge in [-0.3, -0.25) is 9.59 Å². The van der Waals surface area contributed by atoms with Crippen molar-refractivity contribution in [1.29, 1.82) is 0 Å². The molecule has 1 aromatic carbocycles. The molecule has 0 saturated heterocycles. The van der Waals surface area contributed by atoms with Crippen LogP contribution in [0.2, 0.25) is 0 Å². The van der Waals surface area contributed by atoms with Crippen LogP contribution in [0.15, 0.2) is 30.3 Å². The van der Waals surface area contributed by atoms with Gasteiger partial charge in [-0.05, 0) is 12.5 Å². The minimum Gasteiger partial charge on any atom is -0.465 e. The molecule has 0 aliphatic heterocycles. The Morgan fingerprint density at radius 3 is 2.45 bits per heavy atom. The number of rotatable bonds is 8. The van der Waals surface area contributed by atoms with E-state index in [1.54, 1.807) is 6.92 Å². The van der Waals surface area contributed by atoms with Crippen LogP contribution in [0.25, 0.3) is 0 Å². The van der Waals surface area contributed by atoms with Gasteiger partial charge in [0.05, 0.1) is 13.2 Å². The third-order valence-corrected chi connectivity index (χ3v) is 2.82. The zero-order valence-corrected chi connectivity index (χ0v) is 13.7. The zero-order chi connectivity index (χ0) is 15.7. The number of hydrogen-bond acceptors (Lipinski definition) is 5. The normalized spacial score (nSPS) is 11.2. The van der Waals surface area contributed by atoms with Crippen LogP contribution >= 0.6 is 12.4 Å². The largest absolute Gasteiger partial charge is 0.465 e. The number of carbonyl (C=O) groups is 2. The van der Waals surface area contributed by atoms with Crippen LogP contribution in [0, 0.1) is 0 Å². The predicted molar refractivity (Wildman–Crippen MR) is 85.6 cm³/mol. The van der Waals surface area contributed by atoms with Gasteiger partial charge in [0, 0.05) is 13.7 Å². The van der Waals surface area contributed by atoms with E-state index in [2.05, 4.69) is 0 Å². The molecule has 0 saturated carbocycles. The van der Waals surface area contributed by atoms with Gasteiger partial charge in [-0.25, -0.2) is 0 Å². The van der Waals surface area contributed by atoms with Gasteiger partial charge in [0.25, 0.3) is 0 Å². The van der Waals surface area contributed by atoms with Crippen LogP contribution in [0.3, 0.4) is 0 Å². The summed E-state index contributed by atoms with van der Waals surface area (Å²) in [6.45, 7) is 2.27. The molecule has 1 amide bonds. The minimum absolute atomic E-state index is 0. The molecule has 0 radical (unpaired) electrons. The molecular formula is C15H23ClN2O4. The summed E-state index contributed by atoms with van der Waals surface area (Å²) in [6, 6.07) is 8.60. The first-order valence-corrected chi connectivity index (χ1v) is 6.81. The second-order valence-electron chi connectivity index (χ2n) is 4.55. The van der Waals surface area contributed by atoms with Gasteiger partial charge in [0.1, 0.15) is 12.6 Å². The molecule has 2 N–H and O–H groups in total. The lowest BCUT2D eigenvalue weighted by Crippen LogP contribution is -2.47. The van der Waals surface area contributed by atoms with E-state index in [4.69, 9.17) is 15.2 Å². The third-order valence-electron chi connectivity index (χ3n) is 2.82. The van der Waals surface area contributed by atoms with Crippen LogP contribution in [0.1, 0.15) is 12.5 Å². The molecule has 0 aromatic heterocycles. The van der Waals surface area contributed by atoms with Gasteiger partial charge < -0.3 is 20.1 Å². The van der Waals surface area contributed by atoms with Crippen LogP contribution in [0.4, 0.5) is 0 Å². The molecule has 0 heterocycles. The summed E-state index contributed by atoms with van der Waals surface area (Å²) in [7, 11) is 1.47. The summed E-state index contributed by atoms with van der Waals surface area (Å²) < 4.78 is 9.78. The number of carbonyl (C=O) groups excluding carboxylic acids is 2. The van der Waals surface area contributed by atoms with Crippen molar-refractivity contribution in [3.05, 3.63) is 35.9 Å². The molecule has 0 spiro atoms. The quantitative estimate of drug-likeness (QED) is 0.718. The van der Waals surface area contributed by atoms with Crippen molar-refractivity contribution >= 4 is 24.3 Å². The number of ether oxygens (including phenoxy) is 2. The van der Waals surface area contributed by atoms with Gasteiger partial charge in [0.15, 0.2) is 0 Å². The van der Waals surface area contributed by atoms with E-state index in [0.29, 0.717) is 6.54 Å². The van der Waals surface area contributed by atoms with Gasteiger partial charge in [-0.1, -0.05) is 30.3 Å². The molecule has 7 heteroatoms. The SMILES string of the molecule is CCOC(=O)CN(Cc1ccccc1)C(=O)C(N)COC.Cl. The molecule has 1 unspecified atom stereocenters. The average Bonchev–Trinajstić information content (AvgIpc) is 2.47. The summed E-state index contributed by atoms with van der Waals surface area (Å²) in [4.78, 5) is 25.3. The fourth-order valence-corrected chi connectivity index (χ4v) is 1.86. The molecule has 22 heavy (non-hydrogen) atoms. The maximum Gasteiger partial charge on any atom is 0.325 e. The topological polar surface area (TPSA) is 81.9 Å². The van der Waals surface area contributed by atoms with E-state index in [1.807, 2.05) is 30.3 Å². The Morgan fingerprint density at radius 1 is 1.27 bits per heavy atom. The molecule has 0 aliphatic carbocycles. The molecule has 124 valence electrons. The fourth-order valence-electron chi connectivity index (χ4n) is 1.86. The number of nitrogens with zero attached hydrogens (tertiary/aromatic N) is 1. The molecule has 1 aromatic rings. The zero-order valence-electron chi connectivity index (χ0n) is 12.9. The van der Waals surface area contributed by atoms with Crippen LogP contribution < -0.4 is 5.73 Å². The van der Waals surface area contributed by atoms with Gasteiger partial charge in [-0.15, -0.1) is 12.4 Å². The van der Waals surface area contributed by atoms with E-state index < -0.39 is 12.0 Å². The molecular weight excluding hydrogens is 308 g/mol. The van der Waals surface area contributed by atoms with Crippen molar-refractivity contribution in [3.63, 3.8) is 0 Å². The Hall–Kier alpha value is -1.63. The number of nitrogens with two attached hydrogens (primary N) is 1. The lowest BCUT2D eigenvalue weighted by atomic mass is 10.2. The Morgan fingerprint density at radius 2 is 1.91 bits per heavy atom. The lowest BCUT2D eigenvalue weighted by molar-refractivity contribution is -0.150. The van der Waals surface area contributed by atoms with Crippen LogP contribution in [-0.2, 0) is 25.6 Å². The van der Waals surface area contributed by atoms with E-state index >= 15 is 0 Å². The molecule has 1 atom stereocenters. The smallest absolute Gasteiger partial charge is 0.325 e. The van der Waals surface area contributed by atoms with Crippen molar-refractivity contribution in [2.24, 2.45) is 5.73 Å². The number of amides is 1. The first-order chi connectivity index (χ1) is 10.1. The summed E-state index contributed by atoms with van der Waals surface area (Å²) >= 11 is 0. The standard InChI is InChI=1S/C15H22N2O4.ClH/c1-3-21-14(18)10-17(15(19)13(16)11-20-2)9-12-7-5-4-6-8-12;/h4-8,13H,3,9-11,16H2,1-2H3;1H. The Kier molecular flexibility index (Phi) is 10.2.